The van der Waals surface area contributed by atoms with Crippen molar-refractivity contribution in [2.75, 3.05) is 7.11 Å². The van der Waals surface area contributed by atoms with E-state index >= 15 is 0 Å². The molecule has 6 rings (SSSR count). The van der Waals surface area contributed by atoms with Crippen LogP contribution in [-0.4, -0.2) is 7.11 Å². The van der Waals surface area contributed by atoms with Crippen molar-refractivity contribution < 1.29 is 4.74 Å². The molecule has 140 valence electrons. The van der Waals surface area contributed by atoms with Gasteiger partial charge in [0.2, 0.25) is 0 Å². The zero-order valence-corrected chi connectivity index (χ0v) is 17.3. The monoisotopic (exact) mass is 366 g/mol. The van der Waals surface area contributed by atoms with Crippen molar-refractivity contribution in [2.24, 2.45) is 5.41 Å². The molecule has 3 aromatic carbocycles. The van der Waals surface area contributed by atoms with Crippen molar-refractivity contribution in [3.05, 3.63) is 100 Å². The molecule has 3 aliphatic carbocycles. The Balaban J connectivity index is 1.89. The summed E-state index contributed by atoms with van der Waals surface area (Å²) < 4.78 is 5.66. The zero-order chi connectivity index (χ0) is 19.5. The first-order valence-corrected chi connectivity index (χ1v) is 10.3. The average molecular weight is 367 g/mol. The fourth-order valence-corrected chi connectivity index (χ4v) is 7.76. The lowest BCUT2D eigenvalue weighted by Gasteiger charge is -2.49. The van der Waals surface area contributed by atoms with Crippen molar-refractivity contribution in [1.29, 1.82) is 0 Å². The SMILES string of the molecule is COc1ccc2c(c1)C1(C)c3ccccc3C3(C)c4ccccc4C2(C)C31C. The van der Waals surface area contributed by atoms with E-state index in [4.69, 9.17) is 4.74 Å². The molecule has 4 atom stereocenters. The van der Waals surface area contributed by atoms with Crippen LogP contribution in [0.15, 0.2) is 66.7 Å². The highest BCUT2D eigenvalue weighted by Crippen LogP contribution is 2.82. The summed E-state index contributed by atoms with van der Waals surface area (Å²) >= 11 is 0. The Hall–Kier alpha value is -2.54. The second-order valence-electron chi connectivity index (χ2n) is 9.50. The van der Waals surface area contributed by atoms with Gasteiger partial charge in [0.25, 0.3) is 0 Å². The van der Waals surface area contributed by atoms with Crippen LogP contribution in [0.2, 0.25) is 0 Å². The smallest absolute Gasteiger partial charge is 0.119 e. The van der Waals surface area contributed by atoms with Crippen molar-refractivity contribution in [3.63, 3.8) is 0 Å². The highest BCUT2D eigenvalue weighted by molar-refractivity contribution is 5.76. The van der Waals surface area contributed by atoms with Crippen LogP contribution in [-0.2, 0) is 16.2 Å². The zero-order valence-electron chi connectivity index (χ0n) is 17.3. The molecule has 0 bridgehead atoms. The number of fused-ring (bicyclic) bond motifs is 9. The second kappa shape index (κ2) is 4.54. The molecule has 0 radical (unpaired) electrons. The lowest BCUT2D eigenvalue weighted by atomic mass is 9.52. The van der Waals surface area contributed by atoms with Crippen LogP contribution in [0.3, 0.4) is 0 Å². The van der Waals surface area contributed by atoms with E-state index in [0.717, 1.165) is 5.75 Å². The first-order chi connectivity index (χ1) is 13.4. The maximum atomic E-state index is 5.66. The normalized spacial score (nSPS) is 35.9. The molecule has 0 amide bonds. The molecule has 4 unspecified atom stereocenters. The van der Waals surface area contributed by atoms with Crippen LogP contribution in [0.5, 0.6) is 5.75 Å². The summed E-state index contributed by atoms with van der Waals surface area (Å²) in [5, 5.41) is 0. The fraction of sp³-hybridized carbons (Fsp3) is 0.333. The molecule has 0 saturated heterocycles. The number of methoxy groups -OCH3 is 1. The molecule has 0 saturated carbocycles. The van der Waals surface area contributed by atoms with Gasteiger partial charge >= 0.3 is 0 Å². The van der Waals surface area contributed by atoms with Gasteiger partial charge in [0.15, 0.2) is 0 Å². The predicted octanol–water partition coefficient (Wildman–Crippen LogP) is 5.96. The lowest BCUT2D eigenvalue weighted by molar-refractivity contribution is 0.0997. The van der Waals surface area contributed by atoms with E-state index in [1.165, 1.54) is 33.4 Å². The van der Waals surface area contributed by atoms with Crippen molar-refractivity contribution in [1.82, 2.24) is 0 Å². The average Bonchev–Trinajstić information content (AvgIpc) is 3.09. The summed E-state index contributed by atoms with van der Waals surface area (Å²) in [4.78, 5) is 0. The van der Waals surface area contributed by atoms with Crippen molar-refractivity contribution in [3.8, 4) is 5.75 Å². The quantitative estimate of drug-likeness (QED) is 0.516. The van der Waals surface area contributed by atoms with Crippen molar-refractivity contribution >= 4 is 0 Å². The Kier molecular flexibility index (Phi) is 2.66. The van der Waals surface area contributed by atoms with Crippen LogP contribution < -0.4 is 4.74 Å². The minimum atomic E-state index is -0.0734. The summed E-state index contributed by atoms with van der Waals surface area (Å²) in [5.74, 6) is 0.950. The standard InChI is InChI=1S/C27H26O/c1-24-18-10-6-7-11-19(18)25(2)22-15-14-17(28-5)16-23(22)26(3,27(24,25)4)21-13-9-8-12-20(21)24/h6-16H,1-5H3. The molecule has 0 fully saturated rings. The largest absolute Gasteiger partial charge is 0.497 e. The molecular formula is C27H26O. The summed E-state index contributed by atoms with van der Waals surface area (Å²) in [6.07, 6.45) is 0. The third-order valence-corrected chi connectivity index (χ3v) is 9.31. The van der Waals surface area contributed by atoms with E-state index in [-0.39, 0.29) is 21.7 Å². The molecule has 1 nitrogen and oxygen atoms in total. The molecule has 0 aromatic heterocycles. The summed E-state index contributed by atoms with van der Waals surface area (Å²) in [6.45, 7) is 10.00. The number of rotatable bonds is 1. The maximum Gasteiger partial charge on any atom is 0.119 e. The van der Waals surface area contributed by atoms with Gasteiger partial charge in [0, 0.05) is 21.7 Å². The fourth-order valence-electron chi connectivity index (χ4n) is 7.76. The molecule has 0 heterocycles. The molecular weight excluding hydrogens is 340 g/mol. The van der Waals surface area contributed by atoms with E-state index in [2.05, 4.69) is 94.4 Å². The van der Waals surface area contributed by atoms with Gasteiger partial charge in [0.1, 0.15) is 5.75 Å². The Labute approximate surface area is 167 Å². The van der Waals surface area contributed by atoms with Gasteiger partial charge in [-0.3, -0.25) is 0 Å². The van der Waals surface area contributed by atoms with Crippen LogP contribution in [0.1, 0.15) is 61.1 Å². The van der Waals surface area contributed by atoms with Gasteiger partial charge in [-0.1, -0.05) is 82.3 Å². The molecule has 3 aliphatic rings. The van der Waals surface area contributed by atoms with Crippen LogP contribution in [0.25, 0.3) is 0 Å². The van der Waals surface area contributed by atoms with Crippen LogP contribution in [0.4, 0.5) is 0 Å². The third kappa shape index (κ3) is 1.25. The van der Waals surface area contributed by atoms with Gasteiger partial charge in [-0.25, -0.2) is 0 Å². The minimum absolute atomic E-state index is 0.00900. The highest BCUT2D eigenvalue weighted by Gasteiger charge is 2.79. The van der Waals surface area contributed by atoms with Gasteiger partial charge in [0.05, 0.1) is 7.11 Å². The Morgan fingerprint density at radius 1 is 0.536 bits per heavy atom. The van der Waals surface area contributed by atoms with Crippen LogP contribution >= 0.6 is 0 Å². The Morgan fingerprint density at radius 2 is 0.929 bits per heavy atom. The van der Waals surface area contributed by atoms with Gasteiger partial charge < -0.3 is 4.74 Å². The van der Waals surface area contributed by atoms with Gasteiger partial charge in [-0.05, 0) is 45.5 Å². The second-order valence-corrected chi connectivity index (χ2v) is 9.50. The summed E-state index contributed by atoms with van der Waals surface area (Å²) in [5.41, 5.74) is 8.71. The number of ether oxygens (including phenoxy) is 1. The number of benzene rings is 3. The molecule has 28 heavy (non-hydrogen) atoms. The number of hydrogen-bond donors (Lipinski definition) is 0. The topological polar surface area (TPSA) is 9.23 Å². The van der Waals surface area contributed by atoms with Crippen molar-refractivity contribution in [2.45, 2.75) is 43.9 Å². The highest BCUT2D eigenvalue weighted by atomic mass is 16.5. The van der Waals surface area contributed by atoms with E-state index < -0.39 is 0 Å². The first kappa shape index (κ1) is 16.4. The first-order valence-electron chi connectivity index (χ1n) is 10.3. The Morgan fingerprint density at radius 3 is 1.36 bits per heavy atom. The minimum Gasteiger partial charge on any atom is -0.497 e. The van der Waals surface area contributed by atoms with E-state index in [9.17, 15) is 0 Å². The number of hydrogen-bond acceptors (Lipinski definition) is 1. The summed E-state index contributed by atoms with van der Waals surface area (Å²) in [6, 6.07) is 25.1. The third-order valence-electron chi connectivity index (χ3n) is 9.31. The van der Waals surface area contributed by atoms with Gasteiger partial charge in [-0.2, -0.15) is 0 Å². The predicted molar refractivity (Wildman–Crippen MR) is 113 cm³/mol. The van der Waals surface area contributed by atoms with Gasteiger partial charge in [-0.15, -0.1) is 0 Å². The molecule has 3 aromatic rings. The van der Waals surface area contributed by atoms with E-state index in [1.807, 2.05) is 0 Å². The molecule has 0 spiro atoms. The summed E-state index contributed by atoms with van der Waals surface area (Å²) in [7, 11) is 1.77. The maximum absolute atomic E-state index is 5.66. The molecule has 0 aliphatic heterocycles. The molecule has 1 heteroatoms. The molecule has 0 N–H and O–H groups in total. The Bertz CT molecular complexity index is 1170. The lowest BCUT2D eigenvalue weighted by Crippen LogP contribution is -2.51. The van der Waals surface area contributed by atoms with E-state index in [0.29, 0.717) is 0 Å². The van der Waals surface area contributed by atoms with E-state index in [1.54, 1.807) is 7.11 Å². The van der Waals surface area contributed by atoms with Crippen LogP contribution in [0, 0.1) is 5.41 Å².